The Kier molecular flexibility index (Phi) is 4.19. The van der Waals surface area contributed by atoms with Crippen LogP contribution in [0.4, 0.5) is 10.1 Å². The van der Waals surface area contributed by atoms with Crippen molar-refractivity contribution < 1.29 is 14.2 Å². The maximum Gasteiger partial charge on any atom is 0.146 e. The second-order valence-electron chi connectivity index (χ2n) is 4.93. The van der Waals surface area contributed by atoms with E-state index in [1.807, 2.05) is 4.90 Å². The molecule has 0 spiro atoms. The Labute approximate surface area is 107 Å². The minimum Gasteiger partial charge on any atom is -0.392 e. The van der Waals surface area contributed by atoms with E-state index in [1.165, 1.54) is 6.07 Å². The van der Waals surface area contributed by atoms with Crippen LogP contribution in [-0.2, 0) is 11.3 Å². The highest BCUT2D eigenvalue weighted by atomic mass is 19.1. The molecule has 0 amide bonds. The molecule has 0 bridgehead atoms. The fourth-order valence-corrected chi connectivity index (χ4v) is 2.46. The Hall–Kier alpha value is -1.13. The monoisotopic (exact) mass is 253 g/mol. The van der Waals surface area contributed by atoms with Crippen LogP contribution >= 0.6 is 0 Å². The molecular formula is C14H20FNO2. The van der Waals surface area contributed by atoms with Crippen LogP contribution < -0.4 is 4.90 Å². The zero-order chi connectivity index (χ0) is 13.1. The molecular weight excluding hydrogens is 233 g/mol. The number of methoxy groups -OCH3 is 1. The number of ether oxygens (including phenoxy) is 1. The minimum absolute atomic E-state index is 0.130. The molecule has 18 heavy (non-hydrogen) atoms. The number of hydrogen-bond acceptors (Lipinski definition) is 3. The predicted octanol–water partition coefficient (Wildman–Crippen LogP) is 2.18. The second-order valence-corrected chi connectivity index (χ2v) is 4.93. The van der Waals surface area contributed by atoms with Crippen LogP contribution in [0.25, 0.3) is 0 Å². The summed E-state index contributed by atoms with van der Waals surface area (Å²) in [5.74, 6) is 0.233. The molecule has 1 heterocycles. The molecule has 3 nitrogen and oxygen atoms in total. The van der Waals surface area contributed by atoms with Crippen molar-refractivity contribution in [1.82, 2.24) is 0 Å². The molecule has 0 saturated carbocycles. The van der Waals surface area contributed by atoms with Crippen molar-refractivity contribution in [3.8, 4) is 0 Å². The Bertz CT molecular complexity index is 411. The number of halogens is 1. The summed E-state index contributed by atoms with van der Waals surface area (Å²) < 4.78 is 19.4. The molecule has 1 aromatic carbocycles. The first kappa shape index (κ1) is 13.3. The lowest BCUT2D eigenvalue weighted by molar-refractivity contribution is 0.0497. The van der Waals surface area contributed by atoms with Gasteiger partial charge in [0.2, 0.25) is 0 Å². The summed E-state index contributed by atoms with van der Waals surface area (Å²) in [4.78, 5) is 2.02. The van der Waals surface area contributed by atoms with Crippen molar-refractivity contribution >= 4 is 5.69 Å². The van der Waals surface area contributed by atoms with Gasteiger partial charge in [-0.2, -0.15) is 0 Å². The lowest BCUT2D eigenvalue weighted by Crippen LogP contribution is -2.44. The Morgan fingerprint density at radius 3 is 2.89 bits per heavy atom. The van der Waals surface area contributed by atoms with Crippen molar-refractivity contribution in [2.45, 2.75) is 26.1 Å². The Morgan fingerprint density at radius 1 is 1.50 bits per heavy atom. The summed E-state index contributed by atoms with van der Waals surface area (Å²) in [6, 6.07) is 4.90. The van der Waals surface area contributed by atoms with Crippen LogP contribution in [-0.4, -0.2) is 31.4 Å². The van der Waals surface area contributed by atoms with Gasteiger partial charge in [0.05, 0.1) is 18.4 Å². The summed E-state index contributed by atoms with van der Waals surface area (Å²) in [7, 11) is 1.70. The summed E-state index contributed by atoms with van der Waals surface area (Å²) >= 11 is 0. The third-order valence-electron chi connectivity index (χ3n) is 3.73. The molecule has 1 aliphatic rings. The van der Waals surface area contributed by atoms with Crippen LogP contribution in [0.15, 0.2) is 18.2 Å². The van der Waals surface area contributed by atoms with Gasteiger partial charge in [0.1, 0.15) is 5.82 Å². The van der Waals surface area contributed by atoms with Gasteiger partial charge in [-0.3, -0.25) is 0 Å². The number of nitrogens with zero attached hydrogens (tertiary/aromatic N) is 1. The van der Waals surface area contributed by atoms with E-state index in [-0.39, 0.29) is 18.5 Å². The summed E-state index contributed by atoms with van der Waals surface area (Å²) in [6.07, 6.45) is 1.15. The summed E-state index contributed by atoms with van der Waals surface area (Å²) in [5.41, 5.74) is 1.20. The number of piperidine rings is 1. The topological polar surface area (TPSA) is 32.7 Å². The van der Waals surface area contributed by atoms with E-state index in [9.17, 15) is 4.39 Å². The predicted molar refractivity (Wildman–Crippen MR) is 69.1 cm³/mol. The molecule has 0 aromatic heterocycles. The number of rotatable bonds is 3. The van der Waals surface area contributed by atoms with Crippen molar-refractivity contribution in [1.29, 1.82) is 0 Å². The highest BCUT2D eigenvalue weighted by Crippen LogP contribution is 2.27. The van der Waals surface area contributed by atoms with Gasteiger partial charge in [-0.1, -0.05) is 13.0 Å². The largest absolute Gasteiger partial charge is 0.392 e. The van der Waals surface area contributed by atoms with Gasteiger partial charge in [0, 0.05) is 20.2 Å². The second kappa shape index (κ2) is 5.67. The highest BCUT2D eigenvalue weighted by molar-refractivity contribution is 5.49. The fraction of sp³-hybridized carbons (Fsp3) is 0.571. The zero-order valence-corrected chi connectivity index (χ0v) is 10.9. The third-order valence-corrected chi connectivity index (χ3v) is 3.73. The van der Waals surface area contributed by atoms with Gasteiger partial charge in [-0.25, -0.2) is 4.39 Å². The summed E-state index contributed by atoms with van der Waals surface area (Å²) in [6.45, 7) is 3.59. The Morgan fingerprint density at radius 2 is 2.28 bits per heavy atom. The first-order valence-electron chi connectivity index (χ1n) is 6.32. The number of benzene rings is 1. The standard InChI is InChI=1S/C14H20FNO2/c1-10-5-6-16(8-14(10)18-2)13-4-3-11(9-17)7-12(13)15/h3-4,7,10,14,17H,5-6,8-9H2,1-2H3. The van der Waals surface area contributed by atoms with Gasteiger partial charge in [-0.05, 0) is 30.0 Å². The minimum atomic E-state index is -0.272. The van der Waals surface area contributed by atoms with Gasteiger partial charge >= 0.3 is 0 Å². The first-order chi connectivity index (χ1) is 8.65. The summed E-state index contributed by atoms with van der Waals surface area (Å²) in [5, 5.41) is 8.98. The van der Waals surface area contributed by atoms with Crippen LogP contribution in [0.3, 0.4) is 0 Å². The molecule has 1 aliphatic heterocycles. The average Bonchev–Trinajstić information content (AvgIpc) is 2.39. The van der Waals surface area contributed by atoms with Gasteiger partial charge < -0.3 is 14.7 Å². The molecule has 2 unspecified atom stereocenters. The van der Waals surface area contributed by atoms with Crippen molar-refractivity contribution in [3.63, 3.8) is 0 Å². The van der Waals surface area contributed by atoms with Gasteiger partial charge in [0.15, 0.2) is 0 Å². The SMILES string of the molecule is COC1CN(c2ccc(CO)cc2F)CCC1C. The highest BCUT2D eigenvalue weighted by Gasteiger charge is 2.27. The van der Waals surface area contributed by atoms with Crippen LogP contribution in [0.2, 0.25) is 0 Å². The maximum atomic E-state index is 14.0. The molecule has 2 rings (SSSR count). The van der Waals surface area contributed by atoms with Gasteiger partial charge in [0.25, 0.3) is 0 Å². The van der Waals surface area contributed by atoms with Crippen molar-refractivity contribution in [2.24, 2.45) is 5.92 Å². The maximum absolute atomic E-state index is 14.0. The molecule has 0 radical (unpaired) electrons. The van der Waals surface area contributed by atoms with E-state index in [2.05, 4.69) is 6.92 Å². The van der Waals surface area contributed by atoms with E-state index in [4.69, 9.17) is 9.84 Å². The van der Waals surface area contributed by atoms with E-state index in [0.717, 1.165) is 13.0 Å². The van der Waals surface area contributed by atoms with Crippen LogP contribution in [0.5, 0.6) is 0 Å². The third kappa shape index (κ3) is 2.65. The molecule has 4 heteroatoms. The molecule has 1 fully saturated rings. The lowest BCUT2D eigenvalue weighted by Gasteiger charge is -2.37. The lowest BCUT2D eigenvalue weighted by atomic mass is 9.95. The van der Waals surface area contributed by atoms with Crippen LogP contribution in [0, 0.1) is 11.7 Å². The quantitative estimate of drug-likeness (QED) is 0.896. The van der Waals surface area contributed by atoms with Crippen LogP contribution in [0.1, 0.15) is 18.9 Å². The Balaban J connectivity index is 2.16. The van der Waals surface area contributed by atoms with E-state index >= 15 is 0 Å². The van der Waals surface area contributed by atoms with E-state index in [1.54, 1.807) is 19.2 Å². The molecule has 0 aliphatic carbocycles. The van der Waals surface area contributed by atoms with E-state index < -0.39 is 0 Å². The van der Waals surface area contributed by atoms with Crippen molar-refractivity contribution in [3.05, 3.63) is 29.6 Å². The number of aliphatic hydroxyl groups excluding tert-OH is 1. The van der Waals surface area contributed by atoms with E-state index in [0.29, 0.717) is 23.7 Å². The molecule has 1 N–H and O–H groups in total. The molecule has 1 saturated heterocycles. The van der Waals surface area contributed by atoms with Gasteiger partial charge in [-0.15, -0.1) is 0 Å². The zero-order valence-electron chi connectivity index (χ0n) is 10.9. The normalized spacial score (nSPS) is 24.3. The number of aliphatic hydroxyl groups is 1. The van der Waals surface area contributed by atoms with Crippen molar-refractivity contribution in [2.75, 3.05) is 25.1 Å². The molecule has 2 atom stereocenters. The average molecular weight is 253 g/mol. The number of hydrogen-bond donors (Lipinski definition) is 1. The molecule has 100 valence electrons. The smallest absolute Gasteiger partial charge is 0.146 e. The number of anilines is 1. The fourth-order valence-electron chi connectivity index (χ4n) is 2.46. The first-order valence-corrected chi connectivity index (χ1v) is 6.32. The molecule has 1 aromatic rings.